The van der Waals surface area contributed by atoms with Crippen molar-refractivity contribution in [1.82, 2.24) is 0 Å². The minimum absolute atomic E-state index is 0.121. The summed E-state index contributed by atoms with van der Waals surface area (Å²) >= 11 is 1.66. The van der Waals surface area contributed by atoms with E-state index in [1.165, 1.54) is 0 Å². The lowest BCUT2D eigenvalue weighted by Crippen LogP contribution is -2.24. The Morgan fingerprint density at radius 1 is 1.17 bits per heavy atom. The van der Waals surface area contributed by atoms with Crippen LogP contribution in [0.4, 0.5) is 11.4 Å². The molecule has 5 heteroatoms. The van der Waals surface area contributed by atoms with Gasteiger partial charge in [0.05, 0.1) is 0 Å². The molecule has 1 N–H and O–H groups in total. The third-order valence-corrected chi connectivity index (χ3v) is 4.58. The van der Waals surface area contributed by atoms with Gasteiger partial charge in [-0.15, -0.1) is 11.8 Å². The molecule has 0 radical (unpaired) electrons. The van der Waals surface area contributed by atoms with E-state index in [1.54, 1.807) is 28.8 Å². The van der Waals surface area contributed by atoms with E-state index < -0.39 is 0 Å². The number of hydrogen-bond acceptors (Lipinski definition) is 3. The summed E-state index contributed by atoms with van der Waals surface area (Å²) in [6, 6.07) is 14.9. The highest BCUT2D eigenvalue weighted by Crippen LogP contribution is 2.23. The summed E-state index contributed by atoms with van der Waals surface area (Å²) in [5, 5.41) is 2.89. The second-order valence-electron chi connectivity index (χ2n) is 5.38. The van der Waals surface area contributed by atoms with Crippen molar-refractivity contribution in [2.24, 2.45) is 0 Å². The standard InChI is InChI=1S/C18H18N2O2S/c1-23-16-9-7-14(8-10-16)19-18(22)13-4-2-5-15(12-13)20-11-3-6-17(20)21/h2,4-5,7-10,12H,3,6,11H2,1H3,(H,19,22). The number of amides is 2. The Morgan fingerprint density at radius 3 is 2.61 bits per heavy atom. The fourth-order valence-corrected chi connectivity index (χ4v) is 3.02. The first-order valence-corrected chi connectivity index (χ1v) is 8.76. The molecule has 1 aliphatic heterocycles. The molecule has 0 aliphatic carbocycles. The summed E-state index contributed by atoms with van der Waals surface area (Å²) in [7, 11) is 0. The molecule has 4 nitrogen and oxygen atoms in total. The van der Waals surface area contributed by atoms with Crippen LogP contribution in [0.3, 0.4) is 0 Å². The zero-order valence-corrected chi connectivity index (χ0v) is 13.7. The van der Waals surface area contributed by atoms with Crippen LogP contribution in [0.5, 0.6) is 0 Å². The largest absolute Gasteiger partial charge is 0.322 e. The van der Waals surface area contributed by atoms with E-state index in [4.69, 9.17) is 0 Å². The fourth-order valence-electron chi connectivity index (χ4n) is 2.61. The Bertz CT molecular complexity index is 728. The highest BCUT2D eigenvalue weighted by atomic mass is 32.2. The van der Waals surface area contributed by atoms with Crippen molar-refractivity contribution in [3.05, 3.63) is 54.1 Å². The molecule has 1 fully saturated rings. The highest BCUT2D eigenvalue weighted by molar-refractivity contribution is 7.98. The Balaban J connectivity index is 1.75. The van der Waals surface area contributed by atoms with Crippen LogP contribution in [0.25, 0.3) is 0 Å². The highest BCUT2D eigenvalue weighted by Gasteiger charge is 2.22. The van der Waals surface area contributed by atoms with Crippen molar-refractivity contribution < 1.29 is 9.59 Å². The van der Waals surface area contributed by atoms with E-state index in [0.717, 1.165) is 29.2 Å². The number of nitrogens with zero attached hydrogens (tertiary/aromatic N) is 1. The van der Waals surface area contributed by atoms with Crippen molar-refractivity contribution in [3.8, 4) is 0 Å². The predicted molar refractivity (Wildman–Crippen MR) is 94.2 cm³/mol. The molecule has 0 atom stereocenters. The van der Waals surface area contributed by atoms with Crippen LogP contribution in [-0.4, -0.2) is 24.6 Å². The van der Waals surface area contributed by atoms with Gasteiger partial charge in [-0.3, -0.25) is 9.59 Å². The molecular weight excluding hydrogens is 308 g/mol. The average Bonchev–Trinajstić information content (AvgIpc) is 3.02. The zero-order chi connectivity index (χ0) is 16.2. The summed E-state index contributed by atoms with van der Waals surface area (Å²) in [5.41, 5.74) is 2.10. The van der Waals surface area contributed by atoms with Gasteiger partial charge in [-0.25, -0.2) is 0 Å². The van der Waals surface area contributed by atoms with E-state index >= 15 is 0 Å². The van der Waals surface area contributed by atoms with Gasteiger partial charge in [0.15, 0.2) is 0 Å². The second-order valence-corrected chi connectivity index (χ2v) is 6.26. The lowest BCUT2D eigenvalue weighted by atomic mass is 10.1. The smallest absolute Gasteiger partial charge is 0.255 e. The number of rotatable bonds is 4. The topological polar surface area (TPSA) is 49.4 Å². The van der Waals surface area contributed by atoms with Gasteiger partial charge in [0.2, 0.25) is 5.91 Å². The van der Waals surface area contributed by atoms with Gasteiger partial charge in [0, 0.05) is 34.8 Å². The molecule has 0 spiro atoms. The molecule has 1 heterocycles. The maximum atomic E-state index is 12.4. The van der Waals surface area contributed by atoms with Crippen molar-refractivity contribution >= 4 is 35.0 Å². The van der Waals surface area contributed by atoms with Gasteiger partial charge in [-0.05, 0) is 55.1 Å². The van der Waals surface area contributed by atoms with Crippen LogP contribution in [0.15, 0.2) is 53.4 Å². The maximum Gasteiger partial charge on any atom is 0.255 e. The van der Waals surface area contributed by atoms with E-state index in [2.05, 4.69) is 5.32 Å². The molecule has 3 rings (SSSR count). The van der Waals surface area contributed by atoms with E-state index in [0.29, 0.717) is 12.0 Å². The molecule has 0 saturated carbocycles. The van der Waals surface area contributed by atoms with Gasteiger partial charge in [-0.1, -0.05) is 6.07 Å². The van der Waals surface area contributed by atoms with Gasteiger partial charge in [-0.2, -0.15) is 0 Å². The van der Waals surface area contributed by atoms with Gasteiger partial charge < -0.3 is 10.2 Å². The number of thioether (sulfide) groups is 1. The first kappa shape index (κ1) is 15.6. The number of carbonyl (C=O) groups excluding carboxylic acids is 2. The SMILES string of the molecule is CSc1ccc(NC(=O)c2cccc(N3CCCC3=O)c2)cc1. The van der Waals surface area contributed by atoms with E-state index in [9.17, 15) is 9.59 Å². The van der Waals surface area contributed by atoms with Crippen LogP contribution in [0, 0.1) is 0 Å². The Hall–Kier alpha value is -2.27. The molecule has 0 unspecified atom stereocenters. The molecule has 2 aromatic rings. The fraction of sp³-hybridized carbons (Fsp3) is 0.222. The molecule has 0 aromatic heterocycles. The van der Waals surface area contributed by atoms with Crippen molar-refractivity contribution in [3.63, 3.8) is 0 Å². The molecule has 23 heavy (non-hydrogen) atoms. The average molecular weight is 326 g/mol. The van der Waals surface area contributed by atoms with Gasteiger partial charge in [0.1, 0.15) is 0 Å². The third kappa shape index (κ3) is 3.56. The normalized spacial score (nSPS) is 14.1. The predicted octanol–water partition coefficient (Wildman–Crippen LogP) is 3.79. The first-order chi connectivity index (χ1) is 11.2. The number of carbonyl (C=O) groups is 2. The Labute approximate surface area is 139 Å². The molecule has 2 aromatic carbocycles. The molecule has 1 saturated heterocycles. The number of benzene rings is 2. The molecule has 0 bridgehead atoms. The summed E-state index contributed by atoms with van der Waals surface area (Å²) < 4.78 is 0. The number of hydrogen-bond donors (Lipinski definition) is 1. The molecule has 2 amide bonds. The Kier molecular flexibility index (Phi) is 4.67. The van der Waals surface area contributed by atoms with Crippen LogP contribution < -0.4 is 10.2 Å². The van der Waals surface area contributed by atoms with Crippen molar-refractivity contribution in [1.29, 1.82) is 0 Å². The minimum atomic E-state index is -0.171. The molecule has 1 aliphatic rings. The summed E-state index contributed by atoms with van der Waals surface area (Å²) in [5.74, 6) is -0.0504. The molecule has 118 valence electrons. The quantitative estimate of drug-likeness (QED) is 0.870. The second kappa shape index (κ2) is 6.87. The van der Waals surface area contributed by atoms with E-state index in [-0.39, 0.29) is 11.8 Å². The third-order valence-electron chi connectivity index (χ3n) is 3.84. The molecular formula is C18H18N2O2S. The van der Waals surface area contributed by atoms with Gasteiger partial charge in [0.25, 0.3) is 5.91 Å². The summed E-state index contributed by atoms with van der Waals surface area (Å²) in [4.78, 5) is 27.1. The number of anilines is 2. The minimum Gasteiger partial charge on any atom is -0.322 e. The van der Waals surface area contributed by atoms with Crippen LogP contribution in [0.1, 0.15) is 23.2 Å². The zero-order valence-electron chi connectivity index (χ0n) is 12.9. The number of nitrogens with one attached hydrogen (secondary N) is 1. The maximum absolute atomic E-state index is 12.4. The summed E-state index contributed by atoms with van der Waals surface area (Å²) in [6.07, 6.45) is 3.47. The van der Waals surface area contributed by atoms with Crippen LogP contribution >= 0.6 is 11.8 Å². The first-order valence-electron chi connectivity index (χ1n) is 7.53. The lowest BCUT2D eigenvalue weighted by molar-refractivity contribution is -0.117. The lowest BCUT2D eigenvalue weighted by Gasteiger charge is -2.16. The van der Waals surface area contributed by atoms with Crippen LogP contribution in [0.2, 0.25) is 0 Å². The van der Waals surface area contributed by atoms with Crippen molar-refractivity contribution in [2.75, 3.05) is 23.0 Å². The monoisotopic (exact) mass is 326 g/mol. The van der Waals surface area contributed by atoms with E-state index in [1.807, 2.05) is 42.7 Å². The summed E-state index contributed by atoms with van der Waals surface area (Å²) in [6.45, 7) is 0.722. The Morgan fingerprint density at radius 2 is 1.96 bits per heavy atom. The van der Waals surface area contributed by atoms with Crippen molar-refractivity contribution in [2.45, 2.75) is 17.7 Å². The van der Waals surface area contributed by atoms with Crippen LogP contribution in [-0.2, 0) is 4.79 Å². The van der Waals surface area contributed by atoms with Gasteiger partial charge >= 0.3 is 0 Å².